The second kappa shape index (κ2) is 9.73. The zero-order valence-corrected chi connectivity index (χ0v) is 21.1. The van der Waals surface area contributed by atoms with E-state index in [0.29, 0.717) is 11.6 Å². The van der Waals surface area contributed by atoms with Crippen molar-refractivity contribution in [3.05, 3.63) is 65.9 Å². The predicted octanol–water partition coefficient (Wildman–Crippen LogP) is 3.24. The summed E-state index contributed by atoms with van der Waals surface area (Å²) in [5.41, 5.74) is 1.16. The van der Waals surface area contributed by atoms with E-state index in [0.717, 1.165) is 42.4 Å². The molecule has 8 nitrogen and oxygen atoms in total. The number of piperidine rings is 1. The van der Waals surface area contributed by atoms with E-state index >= 15 is 0 Å². The first kappa shape index (κ1) is 24.0. The fourth-order valence-electron chi connectivity index (χ4n) is 4.94. The third-order valence-corrected chi connectivity index (χ3v) is 9.05. The van der Waals surface area contributed by atoms with Gasteiger partial charge < -0.3 is 4.90 Å². The maximum atomic E-state index is 13.3. The van der Waals surface area contributed by atoms with Crippen LogP contribution in [0.1, 0.15) is 12.8 Å². The van der Waals surface area contributed by atoms with Crippen LogP contribution in [0.25, 0.3) is 10.8 Å². The highest BCUT2D eigenvalue weighted by Crippen LogP contribution is 2.27. The number of anilines is 1. The number of amides is 1. The van der Waals surface area contributed by atoms with Crippen molar-refractivity contribution in [2.75, 3.05) is 44.7 Å². The highest BCUT2D eigenvalue weighted by molar-refractivity contribution is 7.89. The molecule has 0 bridgehead atoms. The van der Waals surface area contributed by atoms with Crippen molar-refractivity contribution in [1.82, 2.24) is 19.3 Å². The number of hydrazine groups is 1. The summed E-state index contributed by atoms with van der Waals surface area (Å²) in [7, 11) is -1.85. The van der Waals surface area contributed by atoms with Gasteiger partial charge in [-0.15, -0.1) is 0 Å². The van der Waals surface area contributed by atoms with Gasteiger partial charge in [0.15, 0.2) is 0 Å². The standard InChI is InChI=1S/C25H28ClN5O3S/c1-28(22-8-12-29(13-9-22)23-6-10-27-11-7-23)31-15-14-30(18-25(31)32)35(33,34)24-5-3-19-16-21(26)4-2-20(19)17-24/h2-7,10-11,16-17,22H,8-9,12-15,18H2,1H3. The number of benzene rings is 2. The molecule has 0 aliphatic carbocycles. The van der Waals surface area contributed by atoms with Gasteiger partial charge in [-0.3, -0.25) is 14.8 Å². The van der Waals surface area contributed by atoms with Crippen molar-refractivity contribution >= 4 is 44.0 Å². The van der Waals surface area contributed by atoms with Crippen LogP contribution in [0.2, 0.25) is 5.02 Å². The van der Waals surface area contributed by atoms with Gasteiger partial charge in [0.2, 0.25) is 10.0 Å². The molecule has 0 N–H and O–H groups in total. The molecule has 0 radical (unpaired) electrons. The van der Waals surface area contributed by atoms with Gasteiger partial charge in [0.05, 0.1) is 18.0 Å². The molecule has 2 aliphatic heterocycles. The number of rotatable bonds is 5. The molecular weight excluding hydrogens is 486 g/mol. The van der Waals surface area contributed by atoms with Gasteiger partial charge in [0, 0.05) is 55.8 Å². The number of carbonyl (C=O) groups excluding carboxylic acids is 1. The Morgan fingerprint density at radius 2 is 1.63 bits per heavy atom. The second-order valence-electron chi connectivity index (χ2n) is 9.01. The van der Waals surface area contributed by atoms with E-state index in [-0.39, 0.29) is 29.9 Å². The largest absolute Gasteiger partial charge is 0.371 e. The number of aromatic nitrogens is 1. The number of hydrogen-bond acceptors (Lipinski definition) is 6. The highest BCUT2D eigenvalue weighted by Gasteiger charge is 2.36. The van der Waals surface area contributed by atoms with Gasteiger partial charge >= 0.3 is 0 Å². The highest BCUT2D eigenvalue weighted by atomic mass is 35.5. The molecule has 1 amide bonds. The first-order valence-corrected chi connectivity index (χ1v) is 13.5. The molecule has 35 heavy (non-hydrogen) atoms. The summed E-state index contributed by atoms with van der Waals surface area (Å²) in [5.74, 6) is -0.202. The Morgan fingerprint density at radius 1 is 0.943 bits per heavy atom. The van der Waals surface area contributed by atoms with Crippen LogP contribution in [0.5, 0.6) is 0 Å². The van der Waals surface area contributed by atoms with Crippen LogP contribution in [0.3, 0.4) is 0 Å². The maximum Gasteiger partial charge on any atom is 0.252 e. The van der Waals surface area contributed by atoms with Gasteiger partial charge in [-0.25, -0.2) is 13.4 Å². The molecule has 0 spiro atoms. The lowest BCUT2D eigenvalue weighted by Crippen LogP contribution is -2.60. The van der Waals surface area contributed by atoms with E-state index in [4.69, 9.17) is 11.6 Å². The van der Waals surface area contributed by atoms with Crippen LogP contribution in [0.15, 0.2) is 65.8 Å². The lowest BCUT2D eigenvalue weighted by atomic mass is 10.0. The summed E-state index contributed by atoms with van der Waals surface area (Å²) in [5, 5.41) is 5.98. The van der Waals surface area contributed by atoms with E-state index in [1.807, 2.05) is 24.2 Å². The molecule has 0 saturated carbocycles. The van der Waals surface area contributed by atoms with Crippen LogP contribution in [0.4, 0.5) is 5.69 Å². The molecule has 0 unspecified atom stereocenters. The number of halogens is 1. The number of hydrogen-bond donors (Lipinski definition) is 0. The van der Waals surface area contributed by atoms with E-state index in [1.165, 1.54) is 4.31 Å². The van der Waals surface area contributed by atoms with E-state index < -0.39 is 10.0 Å². The Balaban J connectivity index is 1.23. The van der Waals surface area contributed by atoms with E-state index in [1.54, 1.807) is 53.8 Å². The van der Waals surface area contributed by atoms with Gasteiger partial charge in [-0.1, -0.05) is 23.7 Å². The fourth-order valence-corrected chi connectivity index (χ4v) is 6.53. The molecule has 10 heteroatoms. The molecular formula is C25H28ClN5O3S. The van der Waals surface area contributed by atoms with Crippen LogP contribution in [0, 0.1) is 0 Å². The zero-order valence-electron chi connectivity index (χ0n) is 19.5. The van der Waals surface area contributed by atoms with Gasteiger partial charge in [0.1, 0.15) is 0 Å². The van der Waals surface area contributed by atoms with Crippen molar-refractivity contribution in [2.45, 2.75) is 23.8 Å². The maximum absolute atomic E-state index is 13.3. The molecule has 2 saturated heterocycles. The third kappa shape index (κ3) is 4.86. The average Bonchev–Trinajstić information content (AvgIpc) is 2.88. The Bertz CT molecular complexity index is 1330. The summed E-state index contributed by atoms with van der Waals surface area (Å²) in [6.07, 6.45) is 5.44. The minimum absolute atomic E-state index is 0.165. The monoisotopic (exact) mass is 513 g/mol. The van der Waals surface area contributed by atoms with Crippen LogP contribution in [-0.4, -0.2) is 79.4 Å². The molecule has 5 rings (SSSR count). The first-order valence-electron chi connectivity index (χ1n) is 11.7. The van der Waals surface area contributed by atoms with Gasteiger partial charge in [-0.05, 0) is 60.0 Å². The second-order valence-corrected chi connectivity index (χ2v) is 11.4. The Kier molecular flexibility index (Phi) is 6.67. The Morgan fingerprint density at radius 3 is 2.34 bits per heavy atom. The molecule has 3 heterocycles. The minimum Gasteiger partial charge on any atom is -0.371 e. The predicted molar refractivity (Wildman–Crippen MR) is 137 cm³/mol. The number of fused-ring (bicyclic) bond motifs is 1. The molecule has 1 aromatic heterocycles. The van der Waals surface area contributed by atoms with Gasteiger partial charge in [-0.2, -0.15) is 4.31 Å². The van der Waals surface area contributed by atoms with E-state index in [9.17, 15) is 13.2 Å². The Hall–Kier alpha value is -2.72. The SMILES string of the molecule is CN(C1CCN(c2ccncc2)CC1)N1CCN(S(=O)(=O)c2ccc3cc(Cl)ccc3c2)CC1=O. The van der Waals surface area contributed by atoms with Crippen molar-refractivity contribution in [3.8, 4) is 0 Å². The molecule has 2 aromatic carbocycles. The van der Waals surface area contributed by atoms with Crippen molar-refractivity contribution in [3.63, 3.8) is 0 Å². The van der Waals surface area contributed by atoms with Crippen molar-refractivity contribution in [2.24, 2.45) is 0 Å². The number of pyridine rings is 1. The Labute approximate surface area is 210 Å². The zero-order chi connectivity index (χ0) is 24.6. The number of piperazine rings is 1. The van der Waals surface area contributed by atoms with Gasteiger partial charge in [0.25, 0.3) is 5.91 Å². The van der Waals surface area contributed by atoms with Crippen LogP contribution >= 0.6 is 11.6 Å². The molecule has 0 atom stereocenters. The summed E-state index contributed by atoms with van der Waals surface area (Å²) < 4.78 is 27.9. The van der Waals surface area contributed by atoms with Crippen molar-refractivity contribution in [1.29, 1.82) is 0 Å². The van der Waals surface area contributed by atoms with Crippen LogP contribution in [-0.2, 0) is 14.8 Å². The summed E-state index contributed by atoms with van der Waals surface area (Å²) in [6.45, 7) is 2.22. The lowest BCUT2D eigenvalue weighted by Gasteiger charge is -2.44. The fraction of sp³-hybridized carbons (Fsp3) is 0.360. The summed E-state index contributed by atoms with van der Waals surface area (Å²) in [4.78, 5) is 19.6. The number of sulfonamides is 1. The third-order valence-electron chi connectivity index (χ3n) is 6.97. The lowest BCUT2D eigenvalue weighted by molar-refractivity contribution is -0.156. The van der Waals surface area contributed by atoms with Crippen molar-refractivity contribution < 1.29 is 13.2 Å². The molecule has 184 valence electrons. The topological polar surface area (TPSA) is 77.1 Å². The summed E-state index contributed by atoms with van der Waals surface area (Å²) in [6, 6.07) is 14.6. The van der Waals surface area contributed by atoms with E-state index in [2.05, 4.69) is 9.88 Å². The van der Waals surface area contributed by atoms with Crippen LogP contribution < -0.4 is 4.90 Å². The summed E-state index contributed by atoms with van der Waals surface area (Å²) >= 11 is 6.04. The molecule has 3 aromatic rings. The molecule has 2 fully saturated rings. The average molecular weight is 514 g/mol. The number of carbonyl (C=O) groups is 1. The smallest absolute Gasteiger partial charge is 0.252 e. The molecule has 2 aliphatic rings. The normalized spacial score (nSPS) is 18.5. The first-order chi connectivity index (χ1) is 16.8. The quantitative estimate of drug-likeness (QED) is 0.521. The number of nitrogens with zero attached hydrogens (tertiary/aromatic N) is 5. The minimum atomic E-state index is -3.79.